The van der Waals surface area contributed by atoms with Crippen LogP contribution < -0.4 is 0 Å². The van der Waals surface area contributed by atoms with E-state index in [9.17, 15) is 15.2 Å². The quantitative estimate of drug-likeness (QED) is 0.612. The molecule has 0 aromatic heterocycles. The van der Waals surface area contributed by atoms with Crippen LogP contribution >= 0.6 is 0 Å². The van der Waals surface area contributed by atoms with E-state index in [1.165, 1.54) is 18.2 Å². The molecule has 0 saturated heterocycles. The van der Waals surface area contributed by atoms with E-state index in [4.69, 9.17) is 4.74 Å². The Kier molecular flexibility index (Phi) is 3.62. The van der Waals surface area contributed by atoms with E-state index in [1.54, 1.807) is 0 Å². The zero-order chi connectivity index (χ0) is 11.4. The molecule has 0 bridgehead atoms. The number of rotatable bonds is 4. The third kappa shape index (κ3) is 3.21. The van der Waals surface area contributed by atoms with Crippen molar-refractivity contribution in [1.82, 2.24) is 0 Å². The summed E-state index contributed by atoms with van der Waals surface area (Å²) >= 11 is 0. The fraction of sp³-hybridized carbons (Fsp3) is 0.400. The minimum Gasteiger partial charge on any atom is -0.508 e. The lowest BCUT2D eigenvalue weighted by atomic mass is 10.2. The molecular formula is C10H13NO4. The second kappa shape index (κ2) is 4.75. The fourth-order valence-electron chi connectivity index (χ4n) is 1.06. The second-order valence-electron chi connectivity index (χ2n) is 3.43. The lowest BCUT2D eigenvalue weighted by Crippen LogP contribution is -2.02. The third-order valence-electron chi connectivity index (χ3n) is 1.85. The molecule has 1 aromatic rings. The molecular weight excluding hydrogens is 198 g/mol. The molecule has 0 spiro atoms. The van der Waals surface area contributed by atoms with Crippen molar-refractivity contribution in [3.8, 4) is 5.75 Å². The van der Waals surface area contributed by atoms with E-state index in [1.807, 2.05) is 13.8 Å². The van der Waals surface area contributed by atoms with Gasteiger partial charge in [-0.05, 0) is 19.9 Å². The molecule has 5 heteroatoms. The molecule has 0 aliphatic heterocycles. The number of nitro groups is 1. The summed E-state index contributed by atoms with van der Waals surface area (Å²) in [6.45, 7) is 3.88. The summed E-state index contributed by atoms with van der Waals surface area (Å²) < 4.78 is 5.26. The smallest absolute Gasteiger partial charge is 0.270 e. The van der Waals surface area contributed by atoms with Gasteiger partial charge < -0.3 is 9.84 Å². The topological polar surface area (TPSA) is 72.6 Å². The number of nitro benzene ring substituents is 1. The molecule has 1 aromatic carbocycles. The van der Waals surface area contributed by atoms with Crippen molar-refractivity contribution >= 4 is 5.69 Å². The molecule has 0 heterocycles. The maximum atomic E-state index is 10.5. The molecule has 0 unspecified atom stereocenters. The highest BCUT2D eigenvalue weighted by atomic mass is 16.6. The molecule has 0 saturated carbocycles. The predicted molar refractivity (Wildman–Crippen MR) is 54.7 cm³/mol. The van der Waals surface area contributed by atoms with Gasteiger partial charge in [-0.1, -0.05) is 0 Å². The minimum atomic E-state index is -0.502. The Morgan fingerprint density at radius 3 is 2.73 bits per heavy atom. The summed E-state index contributed by atoms with van der Waals surface area (Å²) in [6.07, 6.45) is 0.0173. The Hall–Kier alpha value is -1.62. The summed E-state index contributed by atoms with van der Waals surface area (Å²) in [5.74, 6) is 0.0150. The van der Waals surface area contributed by atoms with Crippen molar-refractivity contribution in [3.63, 3.8) is 0 Å². The summed E-state index contributed by atoms with van der Waals surface area (Å²) in [4.78, 5) is 9.98. The maximum absolute atomic E-state index is 10.5. The molecule has 0 aliphatic rings. The number of ether oxygens (including phenoxy) is 1. The number of nitrogens with zero attached hydrogens (tertiary/aromatic N) is 1. The van der Waals surface area contributed by atoms with Crippen molar-refractivity contribution < 1.29 is 14.8 Å². The van der Waals surface area contributed by atoms with Crippen molar-refractivity contribution in [2.24, 2.45) is 0 Å². The summed E-state index contributed by atoms with van der Waals surface area (Å²) in [6, 6.07) is 3.88. The van der Waals surface area contributed by atoms with Crippen LogP contribution in [0.4, 0.5) is 5.69 Å². The zero-order valence-corrected chi connectivity index (χ0v) is 8.64. The molecule has 82 valence electrons. The van der Waals surface area contributed by atoms with Gasteiger partial charge in [0.05, 0.1) is 17.6 Å². The van der Waals surface area contributed by atoms with Crippen LogP contribution in [0.5, 0.6) is 5.75 Å². The first-order valence-corrected chi connectivity index (χ1v) is 4.58. The largest absolute Gasteiger partial charge is 0.508 e. The van der Waals surface area contributed by atoms with Crippen LogP contribution in [0, 0.1) is 10.1 Å². The third-order valence-corrected chi connectivity index (χ3v) is 1.85. The average Bonchev–Trinajstić information content (AvgIpc) is 2.16. The van der Waals surface area contributed by atoms with Crippen LogP contribution in [-0.4, -0.2) is 16.1 Å². The second-order valence-corrected chi connectivity index (χ2v) is 3.43. The lowest BCUT2D eigenvalue weighted by Gasteiger charge is -2.08. The van der Waals surface area contributed by atoms with Gasteiger partial charge in [-0.2, -0.15) is 0 Å². The van der Waals surface area contributed by atoms with Gasteiger partial charge in [-0.25, -0.2) is 0 Å². The van der Waals surface area contributed by atoms with Crippen molar-refractivity contribution in [3.05, 3.63) is 33.9 Å². The molecule has 5 nitrogen and oxygen atoms in total. The monoisotopic (exact) mass is 211 g/mol. The summed E-state index contributed by atoms with van der Waals surface area (Å²) in [5, 5.41) is 19.9. The van der Waals surface area contributed by atoms with Crippen LogP contribution in [0.25, 0.3) is 0 Å². The van der Waals surface area contributed by atoms with Gasteiger partial charge in [-0.3, -0.25) is 10.1 Å². The van der Waals surface area contributed by atoms with E-state index in [0.29, 0.717) is 5.56 Å². The Balaban J connectivity index is 2.85. The average molecular weight is 211 g/mol. The summed E-state index contributed by atoms with van der Waals surface area (Å²) in [5.41, 5.74) is 0.382. The molecule has 0 atom stereocenters. The first kappa shape index (κ1) is 11.5. The number of aromatic hydroxyl groups is 1. The number of hydrogen-bond acceptors (Lipinski definition) is 4. The Morgan fingerprint density at radius 2 is 2.20 bits per heavy atom. The highest BCUT2D eigenvalue weighted by Crippen LogP contribution is 2.23. The molecule has 1 rings (SSSR count). The Bertz CT molecular complexity index is 362. The summed E-state index contributed by atoms with van der Waals surface area (Å²) in [7, 11) is 0. The first-order valence-electron chi connectivity index (χ1n) is 4.58. The van der Waals surface area contributed by atoms with Gasteiger partial charge in [0, 0.05) is 17.7 Å². The highest BCUT2D eigenvalue weighted by molar-refractivity contribution is 5.42. The number of hydrogen-bond donors (Lipinski definition) is 1. The van der Waals surface area contributed by atoms with Gasteiger partial charge in [-0.15, -0.1) is 0 Å². The van der Waals surface area contributed by atoms with E-state index in [0.717, 1.165) is 0 Å². The van der Waals surface area contributed by atoms with E-state index >= 15 is 0 Å². The predicted octanol–water partition coefficient (Wildman–Crippen LogP) is 2.23. The lowest BCUT2D eigenvalue weighted by molar-refractivity contribution is -0.385. The van der Waals surface area contributed by atoms with Gasteiger partial charge in [0.15, 0.2) is 0 Å². The SMILES string of the molecule is CC(C)OCc1cc([N+](=O)[O-])ccc1O. The molecule has 1 N–H and O–H groups in total. The maximum Gasteiger partial charge on any atom is 0.270 e. The standard InChI is InChI=1S/C10H13NO4/c1-7(2)15-6-8-5-9(11(13)14)3-4-10(8)12/h3-5,7,12H,6H2,1-2H3. The van der Waals surface area contributed by atoms with Crippen LogP contribution in [-0.2, 0) is 11.3 Å². The molecule has 0 amide bonds. The van der Waals surface area contributed by atoms with Gasteiger partial charge in [0.25, 0.3) is 5.69 Å². The number of phenols is 1. The molecule has 0 fully saturated rings. The first-order chi connectivity index (χ1) is 7.00. The van der Waals surface area contributed by atoms with Crippen LogP contribution in [0.2, 0.25) is 0 Å². The van der Waals surface area contributed by atoms with E-state index < -0.39 is 4.92 Å². The van der Waals surface area contributed by atoms with Gasteiger partial charge >= 0.3 is 0 Å². The van der Waals surface area contributed by atoms with Crippen molar-refractivity contribution in [1.29, 1.82) is 0 Å². The number of phenolic OH excluding ortho intramolecular Hbond substituents is 1. The number of benzene rings is 1. The van der Waals surface area contributed by atoms with Crippen molar-refractivity contribution in [2.45, 2.75) is 26.6 Å². The minimum absolute atomic E-state index is 0.0150. The van der Waals surface area contributed by atoms with Crippen LogP contribution in [0.1, 0.15) is 19.4 Å². The Morgan fingerprint density at radius 1 is 1.53 bits per heavy atom. The highest BCUT2D eigenvalue weighted by Gasteiger charge is 2.10. The molecule has 15 heavy (non-hydrogen) atoms. The Labute approximate surface area is 87.5 Å². The fourth-order valence-corrected chi connectivity index (χ4v) is 1.06. The van der Waals surface area contributed by atoms with Crippen LogP contribution in [0.3, 0.4) is 0 Å². The van der Waals surface area contributed by atoms with Gasteiger partial charge in [0.1, 0.15) is 5.75 Å². The number of non-ortho nitro benzene ring substituents is 1. The van der Waals surface area contributed by atoms with E-state index in [2.05, 4.69) is 0 Å². The van der Waals surface area contributed by atoms with Gasteiger partial charge in [0.2, 0.25) is 0 Å². The van der Waals surface area contributed by atoms with Crippen LogP contribution in [0.15, 0.2) is 18.2 Å². The van der Waals surface area contributed by atoms with Crippen molar-refractivity contribution in [2.75, 3.05) is 0 Å². The van der Waals surface area contributed by atoms with E-state index in [-0.39, 0.29) is 24.1 Å². The molecule has 0 radical (unpaired) electrons. The normalized spacial score (nSPS) is 10.6. The molecule has 0 aliphatic carbocycles. The zero-order valence-electron chi connectivity index (χ0n) is 8.64.